The van der Waals surface area contributed by atoms with Crippen molar-refractivity contribution in [2.45, 2.75) is 38.1 Å². The zero-order valence-corrected chi connectivity index (χ0v) is 13.9. The minimum absolute atomic E-state index is 0.0959. The summed E-state index contributed by atoms with van der Waals surface area (Å²) >= 11 is 0. The largest absolute Gasteiger partial charge is 0.348 e. The SMILES string of the molecule is O=C(NC1CCc2nc[nH]c2C1)N1CCC(Cc2ccccc2)C1. The van der Waals surface area contributed by atoms with E-state index in [2.05, 4.69) is 39.6 Å². The van der Waals surface area contributed by atoms with Gasteiger partial charge < -0.3 is 15.2 Å². The first-order valence-electron chi connectivity index (χ1n) is 8.88. The third-order valence-electron chi connectivity index (χ3n) is 5.26. The van der Waals surface area contributed by atoms with Crippen LogP contribution in [0.3, 0.4) is 0 Å². The first-order valence-corrected chi connectivity index (χ1v) is 8.88. The number of aromatic amines is 1. The van der Waals surface area contributed by atoms with Gasteiger partial charge in [0.25, 0.3) is 0 Å². The molecule has 2 amide bonds. The third kappa shape index (κ3) is 3.30. The number of imidazole rings is 1. The fourth-order valence-electron chi connectivity index (χ4n) is 3.92. The Kier molecular flexibility index (Phi) is 4.24. The van der Waals surface area contributed by atoms with Gasteiger partial charge in [0.05, 0.1) is 12.0 Å². The quantitative estimate of drug-likeness (QED) is 0.911. The molecule has 2 unspecified atom stereocenters. The van der Waals surface area contributed by atoms with E-state index in [1.54, 1.807) is 6.33 Å². The number of benzene rings is 1. The Bertz CT molecular complexity index is 696. The van der Waals surface area contributed by atoms with E-state index in [4.69, 9.17) is 0 Å². The number of rotatable bonds is 3. The van der Waals surface area contributed by atoms with Gasteiger partial charge in [-0.05, 0) is 37.2 Å². The average Bonchev–Trinajstić information content (AvgIpc) is 3.24. The fraction of sp³-hybridized carbons (Fsp3) is 0.474. The maximum Gasteiger partial charge on any atom is 0.317 e. The predicted molar refractivity (Wildman–Crippen MR) is 92.8 cm³/mol. The number of fused-ring (bicyclic) bond motifs is 1. The van der Waals surface area contributed by atoms with E-state index in [1.807, 2.05) is 11.0 Å². The molecular formula is C19H24N4O. The van der Waals surface area contributed by atoms with Gasteiger partial charge in [0, 0.05) is 31.2 Å². The van der Waals surface area contributed by atoms with Crippen LogP contribution in [0, 0.1) is 5.92 Å². The van der Waals surface area contributed by atoms with Crippen molar-refractivity contribution in [3.05, 3.63) is 53.6 Å². The van der Waals surface area contributed by atoms with Crippen molar-refractivity contribution in [1.82, 2.24) is 20.2 Å². The van der Waals surface area contributed by atoms with Gasteiger partial charge in [-0.2, -0.15) is 0 Å². The summed E-state index contributed by atoms with van der Waals surface area (Å²) in [6, 6.07) is 10.9. The lowest BCUT2D eigenvalue weighted by molar-refractivity contribution is 0.201. The van der Waals surface area contributed by atoms with Crippen LogP contribution in [-0.2, 0) is 19.3 Å². The van der Waals surface area contributed by atoms with Gasteiger partial charge in [0.15, 0.2) is 0 Å². The van der Waals surface area contributed by atoms with Gasteiger partial charge in [-0.1, -0.05) is 30.3 Å². The molecule has 0 radical (unpaired) electrons. The number of carbonyl (C=O) groups excluding carboxylic acids is 1. The zero-order valence-electron chi connectivity index (χ0n) is 13.9. The summed E-state index contributed by atoms with van der Waals surface area (Å²) < 4.78 is 0. The van der Waals surface area contributed by atoms with Crippen molar-refractivity contribution in [2.24, 2.45) is 5.92 Å². The monoisotopic (exact) mass is 324 g/mol. The van der Waals surface area contributed by atoms with Crippen LogP contribution in [0.25, 0.3) is 0 Å². The van der Waals surface area contributed by atoms with E-state index in [0.717, 1.165) is 50.9 Å². The molecule has 2 N–H and O–H groups in total. The standard InChI is InChI=1S/C19H24N4O/c24-19(22-16-6-7-17-18(11-16)21-13-20-17)23-9-8-15(12-23)10-14-4-2-1-3-5-14/h1-5,13,15-16H,6-12H2,(H,20,21)(H,22,24). The van der Waals surface area contributed by atoms with Crippen molar-refractivity contribution in [3.8, 4) is 0 Å². The second-order valence-electron chi connectivity index (χ2n) is 7.01. The van der Waals surface area contributed by atoms with E-state index in [9.17, 15) is 4.79 Å². The van der Waals surface area contributed by atoms with E-state index < -0.39 is 0 Å². The van der Waals surface area contributed by atoms with E-state index in [-0.39, 0.29) is 12.1 Å². The normalized spacial score (nSPS) is 23.1. The maximum atomic E-state index is 12.6. The first-order chi connectivity index (χ1) is 11.8. The minimum Gasteiger partial charge on any atom is -0.348 e. The highest BCUT2D eigenvalue weighted by Crippen LogP contribution is 2.22. The molecule has 2 aromatic rings. The molecule has 4 rings (SSSR count). The van der Waals surface area contributed by atoms with Gasteiger partial charge in [-0.15, -0.1) is 0 Å². The van der Waals surface area contributed by atoms with Crippen LogP contribution < -0.4 is 5.32 Å². The van der Waals surface area contributed by atoms with Crippen molar-refractivity contribution in [3.63, 3.8) is 0 Å². The third-order valence-corrected chi connectivity index (χ3v) is 5.26. The van der Waals surface area contributed by atoms with Gasteiger partial charge in [0.1, 0.15) is 0 Å². The maximum absolute atomic E-state index is 12.6. The number of hydrogen-bond donors (Lipinski definition) is 2. The van der Waals surface area contributed by atoms with Crippen molar-refractivity contribution in [1.29, 1.82) is 0 Å². The number of H-pyrrole nitrogens is 1. The van der Waals surface area contributed by atoms with Crippen molar-refractivity contribution in [2.75, 3.05) is 13.1 Å². The molecule has 24 heavy (non-hydrogen) atoms. The number of amides is 2. The number of nitrogens with zero attached hydrogens (tertiary/aromatic N) is 2. The molecule has 5 heteroatoms. The molecule has 0 spiro atoms. The molecule has 1 aliphatic heterocycles. The van der Waals surface area contributed by atoms with Crippen molar-refractivity contribution >= 4 is 6.03 Å². The number of likely N-dealkylation sites (tertiary alicyclic amines) is 1. The van der Waals surface area contributed by atoms with Gasteiger partial charge >= 0.3 is 6.03 Å². The van der Waals surface area contributed by atoms with Crippen LogP contribution in [0.4, 0.5) is 4.79 Å². The number of aromatic nitrogens is 2. The van der Waals surface area contributed by atoms with Crippen LogP contribution in [0.5, 0.6) is 0 Å². The number of nitrogens with one attached hydrogen (secondary N) is 2. The molecule has 0 bridgehead atoms. The van der Waals surface area contributed by atoms with Crippen LogP contribution in [0.1, 0.15) is 29.8 Å². The molecule has 2 aliphatic rings. The van der Waals surface area contributed by atoms with Crippen LogP contribution in [0.2, 0.25) is 0 Å². The molecule has 1 aromatic heterocycles. The van der Waals surface area contributed by atoms with Crippen LogP contribution in [-0.4, -0.2) is 40.0 Å². The predicted octanol–water partition coefficient (Wildman–Crippen LogP) is 2.54. The van der Waals surface area contributed by atoms with Crippen molar-refractivity contribution < 1.29 is 4.79 Å². The summed E-state index contributed by atoms with van der Waals surface area (Å²) in [5.41, 5.74) is 3.70. The Balaban J connectivity index is 1.28. The van der Waals surface area contributed by atoms with Crippen LogP contribution in [0.15, 0.2) is 36.7 Å². The molecule has 0 saturated carbocycles. The number of hydrogen-bond acceptors (Lipinski definition) is 2. The first kappa shape index (κ1) is 15.2. The summed E-state index contributed by atoms with van der Waals surface area (Å²) in [6.07, 6.45) is 6.69. The number of carbonyl (C=O) groups is 1. The van der Waals surface area contributed by atoms with E-state index in [0.29, 0.717) is 5.92 Å². The molecule has 5 nitrogen and oxygen atoms in total. The van der Waals surface area contributed by atoms with Gasteiger partial charge in [0.2, 0.25) is 0 Å². The topological polar surface area (TPSA) is 61.0 Å². The molecule has 1 aromatic carbocycles. The summed E-state index contributed by atoms with van der Waals surface area (Å²) in [7, 11) is 0. The molecule has 2 heterocycles. The fourth-order valence-corrected chi connectivity index (χ4v) is 3.92. The highest BCUT2D eigenvalue weighted by Gasteiger charge is 2.29. The molecule has 1 saturated heterocycles. The number of aryl methyl sites for hydroxylation is 1. The van der Waals surface area contributed by atoms with Gasteiger partial charge in [-0.3, -0.25) is 0 Å². The lowest BCUT2D eigenvalue weighted by atomic mass is 9.96. The Labute approximate surface area is 142 Å². The summed E-state index contributed by atoms with van der Waals surface area (Å²) in [5, 5.41) is 3.22. The Morgan fingerprint density at radius 2 is 2.17 bits per heavy atom. The highest BCUT2D eigenvalue weighted by molar-refractivity contribution is 5.75. The average molecular weight is 324 g/mol. The van der Waals surface area contributed by atoms with E-state index in [1.165, 1.54) is 11.3 Å². The van der Waals surface area contributed by atoms with Gasteiger partial charge in [-0.25, -0.2) is 9.78 Å². The second-order valence-corrected chi connectivity index (χ2v) is 7.01. The second kappa shape index (κ2) is 6.67. The summed E-state index contributed by atoms with van der Waals surface area (Å²) in [6.45, 7) is 1.73. The summed E-state index contributed by atoms with van der Waals surface area (Å²) in [5.74, 6) is 0.573. The molecule has 126 valence electrons. The Morgan fingerprint density at radius 1 is 1.29 bits per heavy atom. The molecule has 1 aliphatic carbocycles. The molecular weight excluding hydrogens is 300 g/mol. The van der Waals surface area contributed by atoms with Crippen LogP contribution >= 0.6 is 0 Å². The number of urea groups is 1. The Hall–Kier alpha value is -2.30. The summed E-state index contributed by atoms with van der Waals surface area (Å²) in [4.78, 5) is 22.0. The Morgan fingerprint density at radius 3 is 3.04 bits per heavy atom. The lowest BCUT2D eigenvalue weighted by Gasteiger charge is -2.26. The molecule has 2 atom stereocenters. The highest BCUT2D eigenvalue weighted by atomic mass is 16.2. The molecule has 1 fully saturated rings. The zero-order chi connectivity index (χ0) is 16.4. The smallest absolute Gasteiger partial charge is 0.317 e. The lowest BCUT2D eigenvalue weighted by Crippen LogP contribution is -2.46. The minimum atomic E-state index is 0.0959. The van der Waals surface area contributed by atoms with E-state index >= 15 is 0 Å².